The van der Waals surface area contributed by atoms with E-state index in [2.05, 4.69) is 106 Å². The van der Waals surface area contributed by atoms with Crippen LogP contribution in [0.15, 0.2) is 72.8 Å². The first-order valence-electron chi connectivity index (χ1n) is 10.7. The van der Waals surface area contributed by atoms with Crippen LogP contribution >= 0.6 is 0 Å². The highest BCUT2D eigenvalue weighted by atomic mass is 14.9. The minimum Gasteiger partial charge on any atom is -0.355 e. The smallest absolute Gasteiger partial charge is 0.0420 e. The van der Waals surface area contributed by atoms with Crippen molar-refractivity contribution in [2.24, 2.45) is 0 Å². The van der Waals surface area contributed by atoms with Crippen molar-refractivity contribution < 1.29 is 0 Å². The summed E-state index contributed by atoms with van der Waals surface area (Å²) >= 11 is 0. The van der Waals surface area contributed by atoms with Crippen LogP contribution in [0.2, 0.25) is 0 Å². The maximum Gasteiger partial charge on any atom is 0.0420 e. The molecule has 0 aromatic heterocycles. The number of fused-ring (bicyclic) bond motifs is 2. The molecule has 0 amide bonds. The summed E-state index contributed by atoms with van der Waals surface area (Å²) in [5.41, 5.74) is 15.7. The summed E-state index contributed by atoms with van der Waals surface area (Å²) in [6.07, 6.45) is 0.953. The van der Waals surface area contributed by atoms with E-state index in [1.807, 2.05) is 0 Å². The monoisotopic (exact) mass is 389 g/mol. The van der Waals surface area contributed by atoms with Crippen molar-refractivity contribution in [1.82, 2.24) is 0 Å². The molecule has 1 heteroatoms. The van der Waals surface area contributed by atoms with Crippen LogP contribution in [0.4, 0.5) is 11.4 Å². The number of hydrogen-bond donors (Lipinski definition) is 1. The predicted molar refractivity (Wildman–Crippen MR) is 129 cm³/mol. The van der Waals surface area contributed by atoms with Crippen molar-refractivity contribution >= 4 is 11.4 Å². The van der Waals surface area contributed by atoms with Crippen molar-refractivity contribution in [1.29, 1.82) is 0 Å². The fourth-order valence-electron chi connectivity index (χ4n) is 4.46. The Morgan fingerprint density at radius 2 is 1.13 bits per heavy atom. The first-order valence-corrected chi connectivity index (χ1v) is 10.7. The fourth-order valence-corrected chi connectivity index (χ4v) is 4.46. The minimum atomic E-state index is 0.953. The van der Waals surface area contributed by atoms with Gasteiger partial charge < -0.3 is 5.32 Å². The molecule has 5 rings (SSSR count). The zero-order valence-corrected chi connectivity index (χ0v) is 18.1. The lowest BCUT2D eigenvalue weighted by Gasteiger charge is -2.23. The molecule has 0 saturated heterocycles. The van der Waals surface area contributed by atoms with E-state index < -0.39 is 0 Å². The van der Waals surface area contributed by atoms with E-state index in [4.69, 9.17) is 0 Å². The molecule has 0 spiro atoms. The second kappa shape index (κ2) is 7.18. The van der Waals surface area contributed by atoms with Crippen LogP contribution in [-0.4, -0.2) is 0 Å². The van der Waals surface area contributed by atoms with E-state index in [-0.39, 0.29) is 0 Å². The Balaban J connectivity index is 1.51. The Hall–Kier alpha value is -3.32. The van der Waals surface area contributed by atoms with Gasteiger partial charge in [0.05, 0.1) is 0 Å². The maximum absolute atomic E-state index is 3.64. The van der Waals surface area contributed by atoms with E-state index in [1.165, 1.54) is 67.0 Å². The van der Waals surface area contributed by atoms with Gasteiger partial charge >= 0.3 is 0 Å². The summed E-state index contributed by atoms with van der Waals surface area (Å²) in [5.74, 6) is 0. The van der Waals surface area contributed by atoms with Crippen molar-refractivity contribution in [3.05, 3.63) is 106 Å². The van der Waals surface area contributed by atoms with Gasteiger partial charge in [-0.25, -0.2) is 0 Å². The molecular weight excluding hydrogens is 362 g/mol. The van der Waals surface area contributed by atoms with Gasteiger partial charge in [-0.2, -0.15) is 0 Å². The molecule has 4 aromatic rings. The van der Waals surface area contributed by atoms with Gasteiger partial charge in [-0.1, -0.05) is 54.1 Å². The average molecular weight is 390 g/mol. The lowest BCUT2D eigenvalue weighted by Crippen LogP contribution is -2.07. The van der Waals surface area contributed by atoms with Crippen LogP contribution in [0.25, 0.3) is 22.3 Å². The molecule has 1 N–H and O–H groups in total. The van der Waals surface area contributed by atoms with Crippen LogP contribution in [0, 0.1) is 27.7 Å². The van der Waals surface area contributed by atoms with Gasteiger partial charge in [-0.15, -0.1) is 0 Å². The molecule has 0 saturated carbocycles. The maximum atomic E-state index is 3.64. The summed E-state index contributed by atoms with van der Waals surface area (Å²) in [5, 5.41) is 3.64. The Morgan fingerprint density at radius 1 is 0.567 bits per heavy atom. The van der Waals surface area contributed by atoms with E-state index in [9.17, 15) is 0 Å². The first kappa shape index (κ1) is 18.7. The number of rotatable bonds is 2. The highest BCUT2D eigenvalue weighted by Crippen LogP contribution is 2.37. The first-order chi connectivity index (χ1) is 14.5. The third-order valence-corrected chi connectivity index (χ3v) is 6.47. The van der Waals surface area contributed by atoms with Crippen LogP contribution in [0.1, 0.15) is 33.4 Å². The molecule has 4 aromatic carbocycles. The molecule has 0 aliphatic carbocycles. The second-order valence-electron chi connectivity index (χ2n) is 8.65. The standard InChI is InChI=1S/C29H27N/c1-18-6-5-7-22(12-18)23-8-10-28-26(15-23)17-27-16-24(9-11-29(27)30-28)25-13-19(2)21(4)20(3)14-25/h5-16,30H,17H2,1-4H3. The van der Waals surface area contributed by atoms with Crippen molar-refractivity contribution in [3.8, 4) is 22.3 Å². The van der Waals surface area contributed by atoms with Crippen LogP contribution in [0.3, 0.4) is 0 Å². The van der Waals surface area contributed by atoms with Crippen LogP contribution in [-0.2, 0) is 6.42 Å². The normalized spacial score (nSPS) is 12.1. The highest BCUT2D eigenvalue weighted by Gasteiger charge is 2.17. The lowest BCUT2D eigenvalue weighted by atomic mass is 9.90. The molecule has 1 heterocycles. The van der Waals surface area contributed by atoms with E-state index in [0.29, 0.717) is 0 Å². The Kier molecular flexibility index (Phi) is 4.47. The molecule has 0 fully saturated rings. The Morgan fingerprint density at radius 3 is 1.73 bits per heavy atom. The van der Waals surface area contributed by atoms with Crippen molar-refractivity contribution in [3.63, 3.8) is 0 Å². The van der Waals surface area contributed by atoms with E-state index >= 15 is 0 Å². The number of hydrogen-bond acceptors (Lipinski definition) is 1. The number of anilines is 2. The summed E-state index contributed by atoms with van der Waals surface area (Å²) in [4.78, 5) is 0. The number of aryl methyl sites for hydroxylation is 3. The minimum absolute atomic E-state index is 0.953. The highest BCUT2D eigenvalue weighted by molar-refractivity contribution is 5.79. The van der Waals surface area contributed by atoms with E-state index in [0.717, 1.165) is 6.42 Å². The average Bonchev–Trinajstić information content (AvgIpc) is 2.75. The number of benzene rings is 4. The molecule has 30 heavy (non-hydrogen) atoms. The quantitative estimate of drug-likeness (QED) is 0.323. The molecule has 0 unspecified atom stereocenters. The molecule has 1 aliphatic heterocycles. The van der Waals surface area contributed by atoms with Crippen molar-refractivity contribution in [2.75, 3.05) is 5.32 Å². The molecule has 0 atom stereocenters. The number of nitrogens with one attached hydrogen (secondary N) is 1. The topological polar surface area (TPSA) is 12.0 Å². The van der Waals surface area contributed by atoms with Gasteiger partial charge in [0, 0.05) is 17.8 Å². The zero-order chi connectivity index (χ0) is 20.8. The van der Waals surface area contributed by atoms with Gasteiger partial charge in [0.25, 0.3) is 0 Å². The van der Waals surface area contributed by atoms with Gasteiger partial charge in [-0.3, -0.25) is 0 Å². The fraction of sp³-hybridized carbons (Fsp3) is 0.172. The van der Waals surface area contributed by atoms with Gasteiger partial charge in [0.15, 0.2) is 0 Å². The third-order valence-electron chi connectivity index (χ3n) is 6.47. The zero-order valence-electron chi connectivity index (χ0n) is 18.1. The van der Waals surface area contributed by atoms with Gasteiger partial charge in [0.1, 0.15) is 0 Å². The molecular formula is C29H27N. The largest absolute Gasteiger partial charge is 0.355 e. The van der Waals surface area contributed by atoms with Gasteiger partial charge in [0.2, 0.25) is 0 Å². The second-order valence-corrected chi connectivity index (χ2v) is 8.65. The van der Waals surface area contributed by atoms with Crippen LogP contribution < -0.4 is 5.32 Å². The molecule has 1 nitrogen and oxygen atoms in total. The van der Waals surface area contributed by atoms with Crippen LogP contribution in [0.5, 0.6) is 0 Å². The summed E-state index contributed by atoms with van der Waals surface area (Å²) in [6.45, 7) is 8.76. The molecule has 148 valence electrons. The SMILES string of the molecule is Cc1cccc(-c2ccc3c(c2)Cc2cc(-c4cc(C)c(C)c(C)c4)ccc2N3)c1. The lowest BCUT2D eigenvalue weighted by molar-refractivity contribution is 1.16. The predicted octanol–water partition coefficient (Wildman–Crippen LogP) is 7.90. The Bertz CT molecular complexity index is 1260. The summed E-state index contributed by atoms with van der Waals surface area (Å²) in [6, 6.07) is 27.0. The molecule has 1 aliphatic rings. The summed E-state index contributed by atoms with van der Waals surface area (Å²) < 4.78 is 0. The Labute approximate surface area is 179 Å². The third kappa shape index (κ3) is 3.31. The van der Waals surface area contributed by atoms with E-state index in [1.54, 1.807) is 0 Å². The van der Waals surface area contributed by atoms with Gasteiger partial charge in [-0.05, 0) is 102 Å². The molecule has 0 radical (unpaired) electrons. The molecule has 0 bridgehead atoms. The summed E-state index contributed by atoms with van der Waals surface area (Å²) in [7, 11) is 0. The van der Waals surface area contributed by atoms with Crippen molar-refractivity contribution in [2.45, 2.75) is 34.1 Å².